The lowest BCUT2D eigenvalue weighted by Gasteiger charge is -2.10. The third kappa shape index (κ3) is 2.89. The summed E-state index contributed by atoms with van der Waals surface area (Å²) in [6, 6.07) is 9.91. The van der Waals surface area contributed by atoms with Gasteiger partial charge in [0, 0.05) is 5.92 Å². The summed E-state index contributed by atoms with van der Waals surface area (Å²) in [5, 5.41) is 17.2. The molecule has 0 amide bonds. The number of benzene rings is 1. The standard InChI is InChI=1S/C16H18N4O/c1-11(2)10-21-14-7-5-13(6-8-14)20-16(12-3-4-12)15(9-17)18-19-20/h5-8,11-12H,3-4,10H2,1-2H3. The summed E-state index contributed by atoms with van der Waals surface area (Å²) in [4.78, 5) is 0. The quantitative estimate of drug-likeness (QED) is 0.845. The van der Waals surface area contributed by atoms with E-state index in [4.69, 9.17) is 10.00 Å². The molecule has 1 heterocycles. The second kappa shape index (κ2) is 5.57. The van der Waals surface area contributed by atoms with E-state index in [1.165, 1.54) is 0 Å². The topological polar surface area (TPSA) is 63.7 Å². The maximum atomic E-state index is 9.14. The number of ether oxygens (including phenoxy) is 1. The summed E-state index contributed by atoms with van der Waals surface area (Å²) < 4.78 is 7.46. The molecular weight excluding hydrogens is 264 g/mol. The van der Waals surface area contributed by atoms with Crippen molar-refractivity contribution in [3.8, 4) is 17.5 Å². The van der Waals surface area contributed by atoms with E-state index < -0.39 is 0 Å². The van der Waals surface area contributed by atoms with Gasteiger partial charge in [-0.15, -0.1) is 5.10 Å². The molecule has 0 saturated heterocycles. The van der Waals surface area contributed by atoms with Crippen molar-refractivity contribution in [2.75, 3.05) is 6.61 Å². The number of aromatic nitrogens is 3. The van der Waals surface area contributed by atoms with Crippen LogP contribution in [-0.4, -0.2) is 21.6 Å². The molecular formula is C16H18N4O. The normalized spacial score (nSPS) is 14.2. The van der Waals surface area contributed by atoms with E-state index in [-0.39, 0.29) is 0 Å². The van der Waals surface area contributed by atoms with Gasteiger partial charge in [0.15, 0.2) is 5.69 Å². The molecule has 5 heteroatoms. The smallest absolute Gasteiger partial charge is 0.186 e. The van der Waals surface area contributed by atoms with Crippen LogP contribution in [0, 0.1) is 17.2 Å². The maximum absolute atomic E-state index is 9.14. The third-order valence-corrected chi connectivity index (χ3v) is 3.44. The summed E-state index contributed by atoms with van der Waals surface area (Å²) >= 11 is 0. The van der Waals surface area contributed by atoms with Crippen molar-refractivity contribution in [2.24, 2.45) is 5.92 Å². The second-order valence-electron chi connectivity index (χ2n) is 5.82. The maximum Gasteiger partial charge on any atom is 0.186 e. The van der Waals surface area contributed by atoms with Crippen LogP contribution < -0.4 is 4.74 Å². The summed E-state index contributed by atoms with van der Waals surface area (Å²) in [6.07, 6.45) is 2.22. The van der Waals surface area contributed by atoms with Crippen LogP contribution in [0.5, 0.6) is 5.75 Å². The minimum atomic E-state index is 0.423. The first-order chi connectivity index (χ1) is 10.2. The van der Waals surface area contributed by atoms with Gasteiger partial charge in [-0.1, -0.05) is 19.1 Å². The fourth-order valence-corrected chi connectivity index (χ4v) is 2.23. The molecule has 1 aromatic heterocycles. The molecule has 1 fully saturated rings. The van der Waals surface area contributed by atoms with Gasteiger partial charge in [0.2, 0.25) is 0 Å². The molecule has 0 atom stereocenters. The molecule has 1 aromatic carbocycles. The third-order valence-electron chi connectivity index (χ3n) is 3.44. The van der Waals surface area contributed by atoms with Gasteiger partial charge in [0.1, 0.15) is 11.8 Å². The van der Waals surface area contributed by atoms with E-state index in [2.05, 4.69) is 30.2 Å². The largest absolute Gasteiger partial charge is 0.493 e. The fraction of sp³-hybridized carbons (Fsp3) is 0.438. The highest BCUT2D eigenvalue weighted by Gasteiger charge is 2.31. The molecule has 0 radical (unpaired) electrons. The Hall–Kier alpha value is -2.35. The number of nitriles is 1. The lowest BCUT2D eigenvalue weighted by molar-refractivity contribution is 0.271. The monoisotopic (exact) mass is 282 g/mol. The van der Waals surface area contributed by atoms with Gasteiger partial charge in [0.25, 0.3) is 0 Å². The van der Waals surface area contributed by atoms with Crippen LogP contribution in [0.15, 0.2) is 24.3 Å². The Labute approximate surface area is 124 Å². The number of hydrogen-bond acceptors (Lipinski definition) is 4. The molecule has 21 heavy (non-hydrogen) atoms. The second-order valence-corrected chi connectivity index (χ2v) is 5.82. The molecule has 1 aliphatic rings. The van der Waals surface area contributed by atoms with Crippen LogP contribution in [0.4, 0.5) is 0 Å². The summed E-state index contributed by atoms with van der Waals surface area (Å²) in [6.45, 7) is 4.94. The molecule has 1 aliphatic carbocycles. The number of nitrogens with zero attached hydrogens (tertiary/aromatic N) is 4. The van der Waals surface area contributed by atoms with Crippen LogP contribution in [0.25, 0.3) is 5.69 Å². The molecule has 3 rings (SSSR count). The minimum Gasteiger partial charge on any atom is -0.493 e. The highest BCUT2D eigenvalue weighted by Crippen LogP contribution is 2.41. The van der Waals surface area contributed by atoms with Crippen LogP contribution in [0.1, 0.15) is 44.0 Å². The molecule has 0 N–H and O–H groups in total. The van der Waals surface area contributed by atoms with Crippen LogP contribution in [-0.2, 0) is 0 Å². The van der Waals surface area contributed by atoms with Crippen molar-refractivity contribution in [3.05, 3.63) is 35.7 Å². The van der Waals surface area contributed by atoms with Crippen LogP contribution in [0.2, 0.25) is 0 Å². The van der Waals surface area contributed by atoms with E-state index in [0.29, 0.717) is 24.1 Å². The van der Waals surface area contributed by atoms with Gasteiger partial charge in [-0.3, -0.25) is 0 Å². The first-order valence-corrected chi connectivity index (χ1v) is 7.28. The zero-order chi connectivity index (χ0) is 14.8. The Morgan fingerprint density at radius 2 is 2.05 bits per heavy atom. The minimum absolute atomic E-state index is 0.423. The zero-order valence-electron chi connectivity index (χ0n) is 12.3. The Morgan fingerprint density at radius 3 is 2.62 bits per heavy atom. The van der Waals surface area contributed by atoms with Crippen molar-refractivity contribution in [3.63, 3.8) is 0 Å². The zero-order valence-corrected chi connectivity index (χ0v) is 12.3. The first kappa shape index (κ1) is 13.6. The molecule has 1 saturated carbocycles. The van der Waals surface area contributed by atoms with Gasteiger partial charge in [0.05, 0.1) is 18.0 Å². The highest BCUT2D eigenvalue weighted by atomic mass is 16.5. The Morgan fingerprint density at radius 1 is 1.33 bits per heavy atom. The van der Waals surface area contributed by atoms with E-state index in [1.54, 1.807) is 4.68 Å². The molecule has 108 valence electrons. The van der Waals surface area contributed by atoms with Crippen molar-refractivity contribution in [1.29, 1.82) is 5.26 Å². The predicted octanol–water partition coefficient (Wildman–Crippen LogP) is 3.05. The predicted molar refractivity (Wildman–Crippen MR) is 78.4 cm³/mol. The number of rotatable bonds is 5. The number of hydrogen-bond donors (Lipinski definition) is 0. The van der Waals surface area contributed by atoms with Crippen molar-refractivity contribution >= 4 is 0 Å². The molecule has 0 aliphatic heterocycles. The van der Waals surface area contributed by atoms with Crippen molar-refractivity contribution in [1.82, 2.24) is 15.0 Å². The van der Waals surface area contributed by atoms with Gasteiger partial charge < -0.3 is 4.74 Å². The summed E-state index contributed by atoms with van der Waals surface area (Å²) in [5.74, 6) is 1.77. The van der Waals surface area contributed by atoms with Gasteiger partial charge in [-0.05, 0) is 43.0 Å². The van der Waals surface area contributed by atoms with Gasteiger partial charge >= 0.3 is 0 Å². The molecule has 0 bridgehead atoms. The van der Waals surface area contributed by atoms with E-state index >= 15 is 0 Å². The lowest BCUT2D eigenvalue weighted by atomic mass is 10.2. The van der Waals surface area contributed by atoms with Crippen molar-refractivity contribution < 1.29 is 4.74 Å². The SMILES string of the molecule is CC(C)COc1ccc(-n2nnc(C#N)c2C2CC2)cc1. The highest BCUT2D eigenvalue weighted by molar-refractivity contribution is 5.42. The Bertz CT molecular complexity index is 663. The van der Waals surface area contributed by atoms with Crippen molar-refractivity contribution in [2.45, 2.75) is 32.6 Å². The first-order valence-electron chi connectivity index (χ1n) is 7.28. The van der Waals surface area contributed by atoms with Crippen LogP contribution >= 0.6 is 0 Å². The summed E-state index contributed by atoms with van der Waals surface area (Å²) in [5.41, 5.74) is 2.30. The Kier molecular flexibility index (Phi) is 3.61. The van der Waals surface area contributed by atoms with E-state index in [9.17, 15) is 0 Å². The molecule has 0 spiro atoms. The van der Waals surface area contributed by atoms with E-state index in [0.717, 1.165) is 30.0 Å². The molecule has 0 unspecified atom stereocenters. The van der Waals surface area contributed by atoms with Gasteiger partial charge in [-0.25, -0.2) is 4.68 Å². The van der Waals surface area contributed by atoms with Crippen LogP contribution in [0.3, 0.4) is 0 Å². The summed E-state index contributed by atoms with van der Waals surface area (Å²) in [7, 11) is 0. The average Bonchev–Trinajstić information content (AvgIpc) is 3.24. The molecule has 5 nitrogen and oxygen atoms in total. The fourth-order valence-electron chi connectivity index (χ4n) is 2.23. The average molecular weight is 282 g/mol. The Balaban J connectivity index is 1.84. The lowest BCUT2D eigenvalue weighted by Crippen LogP contribution is -2.05. The molecule has 2 aromatic rings. The van der Waals surface area contributed by atoms with Gasteiger partial charge in [-0.2, -0.15) is 5.26 Å². The van der Waals surface area contributed by atoms with E-state index in [1.807, 2.05) is 24.3 Å².